The van der Waals surface area contributed by atoms with Crippen LogP contribution in [0.25, 0.3) is 6.08 Å². The van der Waals surface area contributed by atoms with Gasteiger partial charge in [0.05, 0.1) is 4.92 Å². The summed E-state index contributed by atoms with van der Waals surface area (Å²) in [4.78, 5) is 22.3. The van der Waals surface area contributed by atoms with E-state index in [-0.39, 0.29) is 11.3 Å². The Labute approximate surface area is 124 Å². The minimum atomic E-state index is -1.01. The van der Waals surface area contributed by atoms with Gasteiger partial charge in [0, 0.05) is 17.2 Å². The first-order valence-electron chi connectivity index (χ1n) is 6.31. The zero-order chi connectivity index (χ0) is 16.3. The molecule has 2 aromatic rings. The van der Waals surface area contributed by atoms with E-state index in [0.717, 1.165) is 18.2 Å². The lowest BCUT2D eigenvalue weighted by atomic mass is 10.1. The fourth-order valence-corrected chi connectivity index (χ4v) is 1.84. The van der Waals surface area contributed by atoms with Crippen molar-refractivity contribution in [1.82, 2.24) is 0 Å². The lowest BCUT2D eigenvalue weighted by Gasteiger charge is -2.00. The Balaban J connectivity index is 2.25. The first kappa shape index (κ1) is 15.5. The van der Waals surface area contributed by atoms with Crippen molar-refractivity contribution in [2.75, 3.05) is 0 Å². The molecule has 4 nitrogen and oxygen atoms in total. The molecule has 0 saturated carbocycles. The molecule has 112 valence electrons. The highest BCUT2D eigenvalue weighted by molar-refractivity contribution is 6.07. The third-order valence-electron chi connectivity index (χ3n) is 3.06. The third kappa shape index (κ3) is 3.41. The molecule has 0 fully saturated rings. The first-order chi connectivity index (χ1) is 10.4. The van der Waals surface area contributed by atoms with E-state index in [1.54, 1.807) is 6.92 Å². The quantitative estimate of drug-likeness (QED) is 0.370. The summed E-state index contributed by atoms with van der Waals surface area (Å²) in [6.45, 7) is 1.57. The van der Waals surface area contributed by atoms with Crippen LogP contribution < -0.4 is 0 Å². The molecule has 6 heteroatoms. The second kappa shape index (κ2) is 6.26. The van der Waals surface area contributed by atoms with E-state index >= 15 is 0 Å². The molecule has 0 N–H and O–H groups in total. The third-order valence-corrected chi connectivity index (χ3v) is 3.06. The maximum atomic E-state index is 13.0. The van der Waals surface area contributed by atoms with Crippen LogP contribution in [0, 0.1) is 28.7 Å². The van der Waals surface area contributed by atoms with Crippen LogP contribution in [0.15, 0.2) is 42.5 Å². The van der Waals surface area contributed by atoms with Gasteiger partial charge in [-0.25, -0.2) is 8.78 Å². The highest BCUT2D eigenvalue weighted by Crippen LogP contribution is 2.20. The minimum Gasteiger partial charge on any atom is -0.289 e. The fourth-order valence-electron chi connectivity index (χ4n) is 1.84. The van der Waals surface area contributed by atoms with E-state index in [2.05, 4.69) is 0 Å². The minimum absolute atomic E-state index is 0.146. The Morgan fingerprint density at radius 1 is 1.14 bits per heavy atom. The number of nitrogens with zero attached hydrogens (tertiary/aromatic N) is 1. The van der Waals surface area contributed by atoms with Crippen molar-refractivity contribution in [2.45, 2.75) is 6.92 Å². The summed E-state index contributed by atoms with van der Waals surface area (Å²) in [5.41, 5.74) is 0.767. The van der Waals surface area contributed by atoms with Gasteiger partial charge in [-0.05, 0) is 30.7 Å². The molecule has 0 aromatic heterocycles. The summed E-state index contributed by atoms with van der Waals surface area (Å²) < 4.78 is 25.8. The van der Waals surface area contributed by atoms with Crippen molar-refractivity contribution >= 4 is 17.5 Å². The number of nitro groups is 1. The van der Waals surface area contributed by atoms with Crippen LogP contribution in [-0.4, -0.2) is 10.7 Å². The molecule has 0 aliphatic heterocycles. The molecule has 0 saturated heterocycles. The summed E-state index contributed by atoms with van der Waals surface area (Å²) in [6, 6.07) is 7.37. The molecule has 0 spiro atoms. The van der Waals surface area contributed by atoms with Crippen molar-refractivity contribution in [2.24, 2.45) is 0 Å². The van der Waals surface area contributed by atoms with Crippen molar-refractivity contribution in [3.8, 4) is 0 Å². The number of allylic oxidation sites excluding steroid dienone is 1. The summed E-state index contributed by atoms with van der Waals surface area (Å²) in [5.74, 6) is -2.45. The van der Waals surface area contributed by atoms with Gasteiger partial charge in [-0.15, -0.1) is 0 Å². The van der Waals surface area contributed by atoms with E-state index < -0.39 is 22.3 Å². The van der Waals surface area contributed by atoms with E-state index in [0.29, 0.717) is 11.1 Å². The van der Waals surface area contributed by atoms with Crippen LogP contribution in [0.4, 0.5) is 14.5 Å². The zero-order valence-corrected chi connectivity index (χ0v) is 11.5. The Morgan fingerprint density at radius 3 is 2.50 bits per heavy atom. The van der Waals surface area contributed by atoms with Crippen molar-refractivity contribution in [1.29, 1.82) is 0 Å². The number of hydrogen-bond acceptors (Lipinski definition) is 3. The van der Waals surface area contributed by atoms with Crippen molar-refractivity contribution in [3.63, 3.8) is 0 Å². The van der Waals surface area contributed by atoms with Crippen LogP contribution in [0.5, 0.6) is 0 Å². The van der Waals surface area contributed by atoms with Crippen molar-refractivity contribution < 1.29 is 18.5 Å². The second-order valence-electron chi connectivity index (χ2n) is 4.63. The monoisotopic (exact) mass is 303 g/mol. The van der Waals surface area contributed by atoms with Crippen LogP contribution in [-0.2, 0) is 0 Å². The SMILES string of the molecule is Cc1ccc(C(=O)/C=C/c2ccc(F)c(F)c2)cc1[N+](=O)[O-]. The summed E-state index contributed by atoms with van der Waals surface area (Å²) >= 11 is 0. The Bertz CT molecular complexity index is 785. The number of nitro benzene ring substituents is 1. The van der Waals surface area contributed by atoms with E-state index in [4.69, 9.17) is 0 Å². The molecule has 0 atom stereocenters. The van der Waals surface area contributed by atoms with E-state index in [9.17, 15) is 23.7 Å². The summed E-state index contributed by atoms with van der Waals surface area (Å²) in [5, 5.41) is 10.8. The van der Waals surface area contributed by atoms with Crippen LogP contribution in [0.3, 0.4) is 0 Å². The number of aryl methyl sites for hydroxylation is 1. The normalized spacial score (nSPS) is 10.9. The summed E-state index contributed by atoms with van der Waals surface area (Å²) in [7, 11) is 0. The predicted molar refractivity (Wildman–Crippen MR) is 77.6 cm³/mol. The number of rotatable bonds is 4. The Kier molecular flexibility index (Phi) is 4.41. The predicted octanol–water partition coefficient (Wildman–Crippen LogP) is 4.08. The number of ketones is 1. The largest absolute Gasteiger partial charge is 0.289 e. The standard InChI is InChI=1S/C16H11F2NO3/c1-10-2-5-12(9-15(10)19(21)22)16(20)7-4-11-3-6-13(17)14(18)8-11/h2-9H,1H3/b7-4+. The van der Waals surface area contributed by atoms with Crippen LogP contribution >= 0.6 is 0 Å². The molecule has 0 bridgehead atoms. The average Bonchev–Trinajstić information content (AvgIpc) is 2.48. The maximum absolute atomic E-state index is 13.0. The van der Waals surface area contributed by atoms with E-state index in [1.165, 1.54) is 30.3 Å². The lowest BCUT2D eigenvalue weighted by Crippen LogP contribution is -1.98. The smallest absolute Gasteiger partial charge is 0.273 e. The van der Waals surface area contributed by atoms with Crippen LogP contribution in [0.2, 0.25) is 0 Å². The highest BCUT2D eigenvalue weighted by Gasteiger charge is 2.13. The van der Waals surface area contributed by atoms with E-state index in [1.807, 2.05) is 0 Å². The van der Waals surface area contributed by atoms with Gasteiger partial charge in [0.1, 0.15) is 0 Å². The average molecular weight is 303 g/mol. The number of carbonyl (C=O) groups is 1. The number of benzene rings is 2. The number of halogens is 2. The highest BCUT2D eigenvalue weighted by atomic mass is 19.2. The van der Waals surface area contributed by atoms with Gasteiger partial charge >= 0.3 is 0 Å². The van der Waals surface area contributed by atoms with Gasteiger partial charge in [0.2, 0.25) is 0 Å². The van der Waals surface area contributed by atoms with Gasteiger partial charge in [-0.1, -0.05) is 24.3 Å². The molecule has 22 heavy (non-hydrogen) atoms. The molecule has 0 radical (unpaired) electrons. The second-order valence-corrected chi connectivity index (χ2v) is 4.63. The molecular weight excluding hydrogens is 292 g/mol. The topological polar surface area (TPSA) is 60.2 Å². The van der Waals surface area contributed by atoms with Gasteiger partial charge in [-0.3, -0.25) is 14.9 Å². The van der Waals surface area contributed by atoms with Crippen LogP contribution in [0.1, 0.15) is 21.5 Å². The summed E-state index contributed by atoms with van der Waals surface area (Å²) in [6.07, 6.45) is 2.47. The molecule has 0 unspecified atom stereocenters. The van der Waals surface area contributed by atoms with Gasteiger partial charge in [0.25, 0.3) is 5.69 Å². The molecule has 2 rings (SSSR count). The molecule has 0 aliphatic rings. The van der Waals surface area contributed by atoms with Gasteiger partial charge in [-0.2, -0.15) is 0 Å². The first-order valence-corrected chi connectivity index (χ1v) is 6.31. The molecule has 0 heterocycles. The number of carbonyl (C=O) groups excluding carboxylic acids is 1. The van der Waals surface area contributed by atoms with Crippen molar-refractivity contribution in [3.05, 3.63) is 80.9 Å². The fraction of sp³-hybridized carbons (Fsp3) is 0.0625. The molecule has 0 amide bonds. The lowest BCUT2D eigenvalue weighted by molar-refractivity contribution is -0.385. The molecule has 0 aliphatic carbocycles. The zero-order valence-electron chi connectivity index (χ0n) is 11.5. The maximum Gasteiger partial charge on any atom is 0.273 e. The van der Waals surface area contributed by atoms with Gasteiger partial charge < -0.3 is 0 Å². The number of hydrogen-bond donors (Lipinski definition) is 0. The molecule has 2 aromatic carbocycles. The molecular formula is C16H11F2NO3. The Hall–Kier alpha value is -2.89. The van der Waals surface area contributed by atoms with Gasteiger partial charge in [0.15, 0.2) is 17.4 Å². The Morgan fingerprint density at radius 2 is 1.86 bits per heavy atom.